The molecule has 3 heteroatoms. The van der Waals surface area contributed by atoms with Gasteiger partial charge in [0.1, 0.15) is 0 Å². The average molecular weight is 299 g/mol. The van der Waals surface area contributed by atoms with E-state index in [4.69, 9.17) is 0 Å². The molecule has 0 aliphatic heterocycles. The van der Waals surface area contributed by atoms with Crippen molar-refractivity contribution in [2.24, 2.45) is 0 Å². The van der Waals surface area contributed by atoms with Crippen LogP contribution in [-0.2, 0) is 6.54 Å². The average Bonchev–Trinajstić information content (AvgIpc) is 2.28. The Kier molecular flexibility index (Phi) is 5.36. The summed E-state index contributed by atoms with van der Waals surface area (Å²) in [5.74, 6) is 0. The van der Waals surface area contributed by atoms with E-state index in [9.17, 15) is 0 Å². The largest absolute Gasteiger partial charge is 0.381 e. The minimum Gasteiger partial charge on any atom is -0.381 e. The third-order valence-corrected chi connectivity index (χ3v) is 2.65. The van der Waals surface area contributed by atoms with E-state index in [1.807, 2.05) is 30.3 Å². The molecule has 0 atom stereocenters. The fraction of sp³-hybridized carbons (Fsp3) is 0.0769. The fourth-order valence-corrected chi connectivity index (χ4v) is 1.85. The van der Waals surface area contributed by atoms with Gasteiger partial charge < -0.3 is 5.32 Å². The van der Waals surface area contributed by atoms with Crippen molar-refractivity contribution in [3.63, 3.8) is 0 Å². The normalized spacial score (nSPS) is 9.31. The molecule has 2 rings (SSSR count). The van der Waals surface area contributed by atoms with Crippen LogP contribution >= 0.6 is 28.3 Å². The highest BCUT2D eigenvalue weighted by molar-refractivity contribution is 9.10. The standard InChI is InChI=1S/C13H12BrN.ClH/c14-12-6-4-5-11(9-12)10-15-13-7-2-1-3-8-13;/h1-9,15H,10H2;1H. The van der Waals surface area contributed by atoms with Gasteiger partial charge in [-0.3, -0.25) is 0 Å². The zero-order valence-electron chi connectivity index (χ0n) is 8.69. The van der Waals surface area contributed by atoms with Gasteiger partial charge in [-0.05, 0) is 29.8 Å². The molecule has 0 bridgehead atoms. The van der Waals surface area contributed by atoms with Gasteiger partial charge in [-0.2, -0.15) is 0 Å². The predicted molar refractivity (Wildman–Crippen MR) is 75.2 cm³/mol. The minimum absolute atomic E-state index is 0. The number of para-hydroxylation sites is 1. The van der Waals surface area contributed by atoms with Gasteiger partial charge in [0.05, 0.1) is 0 Å². The quantitative estimate of drug-likeness (QED) is 0.881. The first-order chi connectivity index (χ1) is 7.34. The molecule has 0 aliphatic carbocycles. The van der Waals surface area contributed by atoms with Crippen LogP contribution in [0.3, 0.4) is 0 Å². The summed E-state index contributed by atoms with van der Waals surface area (Å²) in [6.07, 6.45) is 0. The number of anilines is 1. The molecule has 84 valence electrons. The first-order valence-corrected chi connectivity index (χ1v) is 5.67. The molecule has 0 saturated heterocycles. The Morgan fingerprint density at radius 2 is 1.69 bits per heavy atom. The second kappa shape index (κ2) is 6.56. The molecule has 2 aromatic rings. The molecule has 0 fully saturated rings. The Balaban J connectivity index is 0.00000128. The van der Waals surface area contributed by atoms with Gasteiger partial charge in [0.25, 0.3) is 0 Å². The molecular weight excluding hydrogens is 286 g/mol. The number of rotatable bonds is 3. The summed E-state index contributed by atoms with van der Waals surface area (Å²) in [6, 6.07) is 18.5. The third kappa shape index (κ3) is 3.87. The molecule has 0 aliphatic rings. The molecule has 0 saturated carbocycles. The van der Waals surface area contributed by atoms with E-state index < -0.39 is 0 Å². The number of hydrogen-bond acceptors (Lipinski definition) is 1. The van der Waals surface area contributed by atoms with Crippen LogP contribution in [0, 0.1) is 0 Å². The first-order valence-electron chi connectivity index (χ1n) is 4.88. The van der Waals surface area contributed by atoms with Crippen molar-refractivity contribution in [3.05, 3.63) is 64.6 Å². The van der Waals surface area contributed by atoms with Crippen LogP contribution in [0.2, 0.25) is 0 Å². The highest BCUT2D eigenvalue weighted by Crippen LogP contribution is 2.13. The summed E-state index contributed by atoms with van der Waals surface area (Å²) in [7, 11) is 0. The number of halogens is 2. The molecule has 0 unspecified atom stereocenters. The second-order valence-corrected chi connectivity index (χ2v) is 4.27. The van der Waals surface area contributed by atoms with Crippen LogP contribution in [0.4, 0.5) is 5.69 Å². The molecule has 0 spiro atoms. The Labute approximate surface area is 110 Å². The van der Waals surface area contributed by atoms with E-state index in [1.54, 1.807) is 0 Å². The Morgan fingerprint density at radius 1 is 0.938 bits per heavy atom. The fourth-order valence-electron chi connectivity index (χ4n) is 1.41. The summed E-state index contributed by atoms with van der Waals surface area (Å²) in [6.45, 7) is 0.851. The minimum atomic E-state index is 0. The van der Waals surface area contributed by atoms with E-state index in [2.05, 4.69) is 45.5 Å². The maximum Gasteiger partial charge on any atom is 0.0401 e. The van der Waals surface area contributed by atoms with Gasteiger partial charge in [-0.1, -0.05) is 46.3 Å². The number of nitrogens with one attached hydrogen (secondary N) is 1. The zero-order chi connectivity index (χ0) is 10.5. The molecule has 2 aromatic carbocycles. The van der Waals surface area contributed by atoms with Crippen LogP contribution in [-0.4, -0.2) is 0 Å². The van der Waals surface area contributed by atoms with Crippen LogP contribution in [0.1, 0.15) is 5.56 Å². The van der Waals surface area contributed by atoms with Gasteiger partial charge in [0.15, 0.2) is 0 Å². The van der Waals surface area contributed by atoms with Crippen LogP contribution in [0.5, 0.6) is 0 Å². The van der Waals surface area contributed by atoms with Gasteiger partial charge in [0.2, 0.25) is 0 Å². The van der Waals surface area contributed by atoms with Crippen molar-refractivity contribution in [2.75, 3.05) is 5.32 Å². The van der Waals surface area contributed by atoms with Crippen molar-refractivity contribution in [1.82, 2.24) is 0 Å². The SMILES string of the molecule is Brc1cccc(CNc2ccccc2)c1.Cl. The topological polar surface area (TPSA) is 12.0 Å². The lowest BCUT2D eigenvalue weighted by Gasteiger charge is -2.06. The van der Waals surface area contributed by atoms with Gasteiger partial charge in [-0.15, -0.1) is 12.4 Å². The Morgan fingerprint density at radius 3 is 2.38 bits per heavy atom. The monoisotopic (exact) mass is 297 g/mol. The summed E-state index contributed by atoms with van der Waals surface area (Å²) in [5, 5.41) is 3.37. The van der Waals surface area contributed by atoms with Crippen LogP contribution in [0.15, 0.2) is 59.1 Å². The lowest BCUT2D eigenvalue weighted by Crippen LogP contribution is -1.98. The number of hydrogen-bond donors (Lipinski definition) is 1. The molecule has 1 nitrogen and oxygen atoms in total. The highest BCUT2D eigenvalue weighted by Gasteiger charge is 1.93. The molecule has 0 amide bonds. The Hall–Kier alpha value is -0.990. The highest BCUT2D eigenvalue weighted by atomic mass is 79.9. The van der Waals surface area contributed by atoms with Crippen molar-refractivity contribution in [1.29, 1.82) is 0 Å². The van der Waals surface area contributed by atoms with Gasteiger partial charge >= 0.3 is 0 Å². The van der Waals surface area contributed by atoms with Gasteiger partial charge in [0, 0.05) is 16.7 Å². The predicted octanol–water partition coefficient (Wildman–Crippen LogP) is 4.48. The second-order valence-electron chi connectivity index (χ2n) is 3.35. The van der Waals surface area contributed by atoms with E-state index in [1.165, 1.54) is 5.56 Å². The lowest BCUT2D eigenvalue weighted by molar-refractivity contribution is 1.15. The first kappa shape index (κ1) is 13.1. The smallest absolute Gasteiger partial charge is 0.0401 e. The molecule has 16 heavy (non-hydrogen) atoms. The van der Waals surface area contributed by atoms with E-state index >= 15 is 0 Å². The summed E-state index contributed by atoms with van der Waals surface area (Å²) < 4.78 is 1.12. The van der Waals surface area contributed by atoms with Crippen molar-refractivity contribution in [2.45, 2.75) is 6.54 Å². The molecular formula is C13H13BrClN. The summed E-state index contributed by atoms with van der Waals surface area (Å²) in [4.78, 5) is 0. The summed E-state index contributed by atoms with van der Waals surface area (Å²) in [5.41, 5.74) is 2.42. The maximum absolute atomic E-state index is 3.46. The Bertz CT molecular complexity index is 431. The van der Waals surface area contributed by atoms with E-state index in [0.29, 0.717) is 0 Å². The molecule has 0 heterocycles. The third-order valence-electron chi connectivity index (χ3n) is 2.16. The molecule has 0 radical (unpaired) electrons. The van der Waals surface area contributed by atoms with Crippen molar-refractivity contribution in [3.8, 4) is 0 Å². The number of benzene rings is 2. The molecule has 1 N–H and O–H groups in total. The van der Waals surface area contributed by atoms with E-state index in [-0.39, 0.29) is 12.4 Å². The van der Waals surface area contributed by atoms with E-state index in [0.717, 1.165) is 16.7 Å². The lowest BCUT2D eigenvalue weighted by atomic mass is 10.2. The van der Waals surface area contributed by atoms with Gasteiger partial charge in [-0.25, -0.2) is 0 Å². The van der Waals surface area contributed by atoms with Crippen LogP contribution in [0.25, 0.3) is 0 Å². The van der Waals surface area contributed by atoms with Crippen molar-refractivity contribution < 1.29 is 0 Å². The molecule has 0 aromatic heterocycles. The summed E-state index contributed by atoms with van der Waals surface area (Å²) >= 11 is 3.46. The van der Waals surface area contributed by atoms with Crippen LogP contribution < -0.4 is 5.32 Å². The maximum atomic E-state index is 3.46. The van der Waals surface area contributed by atoms with Crippen molar-refractivity contribution >= 4 is 34.0 Å². The zero-order valence-corrected chi connectivity index (χ0v) is 11.1.